The minimum absolute atomic E-state index is 0.0986. The Kier molecular flexibility index (Phi) is 7.92. The van der Waals surface area contributed by atoms with Gasteiger partial charge in [-0.25, -0.2) is 0 Å². The van der Waals surface area contributed by atoms with Gasteiger partial charge in [-0.15, -0.1) is 0 Å². The molecule has 0 aliphatic rings. The van der Waals surface area contributed by atoms with E-state index in [9.17, 15) is 0 Å². The molecular weight excluding hydrogens is 198 g/mol. The molecule has 3 heteroatoms. The fourth-order valence-corrected chi connectivity index (χ4v) is 1.77. The van der Waals surface area contributed by atoms with Gasteiger partial charge in [-0.3, -0.25) is 0 Å². The molecule has 0 heterocycles. The lowest BCUT2D eigenvalue weighted by molar-refractivity contribution is 0.417. The standard InChI is InChI=1S/C13H19N3/c1-3-11(8-14)6-5-7-13(10-16)12(4-2)9-15/h11-13H,3-7H2,1-2H3. The lowest BCUT2D eigenvalue weighted by Gasteiger charge is -2.13. The Hall–Kier alpha value is -1.53. The summed E-state index contributed by atoms with van der Waals surface area (Å²) < 4.78 is 0. The van der Waals surface area contributed by atoms with Crippen molar-refractivity contribution >= 4 is 0 Å². The van der Waals surface area contributed by atoms with E-state index in [1.54, 1.807) is 0 Å². The van der Waals surface area contributed by atoms with Crippen LogP contribution < -0.4 is 0 Å². The average molecular weight is 217 g/mol. The van der Waals surface area contributed by atoms with Gasteiger partial charge >= 0.3 is 0 Å². The fraction of sp³-hybridized carbons (Fsp3) is 0.769. The molecule has 0 rings (SSSR count). The van der Waals surface area contributed by atoms with Crippen molar-refractivity contribution < 1.29 is 0 Å². The molecule has 0 radical (unpaired) electrons. The molecule has 0 aliphatic carbocycles. The van der Waals surface area contributed by atoms with Crippen molar-refractivity contribution in [2.24, 2.45) is 17.8 Å². The van der Waals surface area contributed by atoms with Gasteiger partial charge < -0.3 is 0 Å². The molecule has 0 aromatic carbocycles. The molecule has 0 amide bonds. The van der Waals surface area contributed by atoms with Gasteiger partial charge in [0.25, 0.3) is 0 Å². The molecule has 3 atom stereocenters. The number of nitriles is 3. The van der Waals surface area contributed by atoms with Gasteiger partial charge in [0.2, 0.25) is 0 Å². The number of hydrogen-bond donors (Lipinski definition) is 0. The molecule has 0 bridgehead atoms. The van der Waals surface area contributed by atoms with Crippen LogP contribution in [0.4, 0.5) is 0 Å². The highest BCUT2D eigenvalue weighted by Gasteiger charge is 2.19. The van der Waals surface area contributed by atoms with Crippen LogP contribution in [0.15, 0.2) is 0 Å². The molecule has 0 saturated heterocycles. The summed E-state index contributed by atoms with van der Waals surface area (Å²) in [5.74, 6) is -0.236. The smallest absolute Gasteiger partial charge is 0.0669 e. The van der Waals surface area contributed by atoms with E-state index in [0.717, 1.165) is 32.1 Å². The number of rotatable bonds is 7. The molecule has 0 aliphatic heterocycles. The van der Waals surface area contributed by atoms with E-state index in [1.165, 1.54) is 0 Å². The van der Waals surface area contributed by atoms with Crippen molar-refractivity contribution in [2.45, 2.75) is 46.0 Å². The van der Waals surface area contributed by atoms with Crippen molar-refractivity contribution in [1.29, 1.82) is 15.8 Å². The third-order valence-corrected chi connectivity index (χ3v) is 3.00. The van der Waals surface area contributed by atoms with Crippen LogP contribution in [-0.4, -0.2) is 0 Å². The zero-order chi connectivity index (χ0) is 12.4. The summed E-state index contributed by atoms with van der Waals surface area (Å²) in [5.41, 5.74) is 0. The normalized spacial score (nSPS) is 15.2. The Morgan fingerprint density at radius 2 is 1.44 bits per heavy atom. The molecular formula is C13H19N3. The first-order valence-corrected chi connectivity index (χ1v) is 5.92. The van der Waals surface area contributed by atoms with E-state index in [2.05, 4.69) is 18.2 Å². The van der Waals surface area contributed by atoms with Crippen LogP contribution in [0, 0.1) is 51.7 Å². The second-order valence-corrected chi connectivity index (χ2v) is 4.04. The topological polar surface area (TPSA) is 71.4 Å². The first-order chi connectivity index (χ1) is 7.73. The van der Waals surface area contributed by atoms with Gasteiger partial charge in [0.05, 0.1) is 30.0 Å². The zero-order valence-corrected chi connectivity index (χ0v) is 10.1. The second kappa shape index (κ2) is 8.75. The molecule has 0 aromatic heterocycles. The fourth-order valence-electron chi connectivity index (χ4n) is 1.77. The molecule has 16 heavy (non-hydrogen) atoms. The monoisotopic (exact) mass is 217 g/mol. The molecule has 3 nitrogen and oxygen atoms in total. The van der Waals surface area contributed by atoms with E-state index in [-0.39, 0.29) is 17.8 Å². The van der Waals surface area contributed by atoms with Crippen molar-refractivity contribution in [1.82, 2.24) is 0 Å². The summed E-state index contributed by atoms with van der Waals surface area (Å²) in [4.78, 5) is 0. The summed E-state index contributed by atoms with van der Waals surface area (Å²) >= 11 is 0. The Morgan fingerprint density at radius 3 is 1.81 bits per heavy atom. The summed E-state index contributed by atoms with van der Waals surface area (Å²) in [6.07, 6.45) is 4.03. The van der Waals surface area contributed by atoms with Crippen LogP contribution >= 0.6 is 0 Å². The van der Waals surface area contributed by atoms with Crippen LogP contribution in [0.5, 0.6) is 0 Å². The lowest BCUT2D eigenvalue weighted by atomic mass is 9.87. The first kappa shape index (κ1) is 14.5. The van der Waals surface area contributed by atoms with Crippen LogP contribution in [0.3, 0.4) is 0 Å². The zero-order valence-electron chi connectivity index (χ0n) is 10.1. The van der Waals surface area contributed by atoms with Crippen LogP contribution in [-0.2, 0) is 0 Å². The first-order valence-electron chi connectivity index (χ1n) is 5.92. The Bertz CT molecular complexity index is 303. The molecule has 0 aromatic rings. The Balaban J connectivity index is 4.04. The summed E-state index contributed by atoms with van der Waals surface area (Å²) in [5, 5.41) is 26.6. The maximum atomic E-state index is 8.97. The van der Waals surface area contributed by atoms with Crippen molar-refractivity contribution in [3.05, 3.63) is 0 Å². The van der Waals surface area contributed by atoms with E-state index in [0.29, 0.717) is 0 Å². The highest BCUT2D eigenvalue weighted by Crippen LogP contribution is 2.22. The highest BCUT2D eigenvalue weighted by molar-refractivity contribution is 4.97. The summed E-state index contributed by atoms with van der Waals surface area (Å²) in [7, 11) is 0. The van der Waals surface area contributed by atoms with Crippen molar-refractivity contribution in [2.75, 3.05) is 0 Å². The largest absolute Gasteiger partial charge is 0.198 e. The van der Waals surface area contributed by atoms with Gasteiger partial charge in [-0.05, 0) is 25.7 Å². The predicted octanol–water partition coefficient (Wildman–Crippen LogP) is 3.40. The van der Waals surface area contributed by atoms with E-state index in [1.807, 2.05) is 13.8 Å². The van der Waals surface area contributed by atoms with Crippen LogP contribution in [0.1, 0.15) is 46.0 Å². The second-order valence-electron chi connectivity index (χ2n) is 4.04. The maximum absolute atomic E-state index is 8.97. The Morgan fingerprint density at radius 1 is 0.812 bits per heavy atom. The van der Waals surface area contributed by atoms with E-state index in [4.69, 9.17) is 15.8 Å². The minimum Gasteiger partial charge on any atom is -0.198 e. The van der Waals surface area contributed by atoms with Crippen molar-refractivity contribution in [3.8, 4) is 18.2 Å². The van der Waals surface area contributed by atoms with E-state index < -0.39 is 0 Å². The average Bonchev–Trinajstić information content (AvgIpc) is 2.33. The third-order valence-electron chi connectivity index (χ3n) is 3.00. The van der Waals surface area contributed by atoms with Crippen LogP contribution in [0.25, 0.3) is 0 Å². The molecule has 0 fully saturated rings. The van der Waals surface area contributed by atoms with Gasteiger partial charge in [-0.2, -0.15) is 15.8 Å². The molecule has 0 saturated carbocycles. The summed E-state index contributed by atoms with van der Waals surface area (Å²) in [6, 6.07) is 6.64. The van der Waals surface area contributed by atoms with Gasteiger partial charge in [0.15, 0.2) is 0 Å². The predicted molar refractivity (Wildman–Crippen MR) is 61.7 cm³/mol. The van der Waals surface area contributed by atoms with Gasteiger partial charge in [0, 0.05) is 5.92 Å². The maximum Gasteiger partial charge on any atom is 0.0669 e. The Labute approximate surface area is 98.3 Å². The van der Waals surface area contributed by atoms with Crippen LogP contribution in [0.2, 0.25) is 0 Å². The lowest BCUT2D eigenvalue weighted by Crippen LogP contribution is -2.11. The summed E-state index contributed by atoms with van der Waals surface area (Å²) in [6.45, 7) is 3.93. The quantitative estimate of drug-likeness (QED) is 0.656. The SMILES string of the molecule is CCC(C#N)CCCC(C#N)C(C#N)CC. The highest BCUT2D eigenvalue weighted by atomic mass is 14.3. The molecule has 3 unspecified atom stereocenters. The van der Waals surface area contributed by atoms with E-state index >= 15 is 0 Å². The van der Waals surface area contributed by atoms with Gasteiger partial charge in [-0.1, -0.05) is 20.3 Å². The number of hydrogen-bond acceptors (Lipinski definition) is 3. The van der Waals surface area contributed by atoms with Crippen molar-refractivity contribution in [3.63, 3.8) is 0 Å². The number of nitrogens with zero attached hydrogens (tertiary/aromatic N) is 3. The molecule has 0 spiro atoms. The molecule has 0 N–H and O–H groups in total. The minimum atomic E-state index is -0.175. The molecule has 86 valence electrons. The third kappa shape index (κ3) is 4.81. The van der Waals surface area contributed by atoms with Gasteiger partial charge in [0.1, 0.15) is 0 Å².